The zero-order valence-electron chi connectivity index (χ0n) is 7.90. The molecule has 0 spiro atoms. The van der Waals surface area contributed by atoms with Crippen molar-refractivity contribution in [3.05, 3.63) is 0 Å². The largest absolute Gasteiger partial charge is 0.422 e. The van der Waals surface area contributed by atoms with Gasteiger partial charge >= 0.3 is 0 Å². The van der Waals surface area contributed by atoms with Gasteiger partial charge in [-0.3, -0.25) is 0 Å². The SMILES string of the molecule is CC(C)O[SiH2]CC(C)(C)C. The van der Waals surface area contributed by atoms with Crippen molar-refractivity contribution in [2.45, 2.75) is 46.8 Å². The summed E-state index contributed by atoms with van der Waals surface area (Å²) in [5.74, 6) is 0. The first-order valence-corrected chi connectivity index (χ1v) is 5.61. The second-order valence-corrected chi connectivity index (χ2v) is 5.47. The van der Waals surface area contributed by atoms with E-state index in [4.69, 9.17) is 4.43 Å². The molecule has 0 aromatic rings. The molecule has 10 heavy (non-hydrogen) atoms. The molecule has 1 nitrogen and oxygen atoms in total. The summed E-state index contributed by atoms with van der Waals surface area (Å²) in [4.78, 5) is 0. The van der Waals surface area contributed by atoms with E-state index in [1.54, 1.807) is 0 Å². The Kier molecular flexibility index (Phi) is 4.21. The lowest BCUT2D eigenvalue weighted by Crippen LogP contribution is -2.14. The van der Waals surface area contributed by atoms with Crippen molar-refractivity contribution in [1.29, 1.82) is 0 Å². The molecule has 0 atom stereocenters. The lowest BCUT2D eigenvalue weighted by atomic mass is 10.0. The van der Waals surface area contributed by atoms with Gasteiger partial charge in [0.25, 0.3) is 0 Å². The van der Waals surface area contributed by atoms with Gasteiger partial charge in [0.15, 0.2) is 9.76 Å². The van der Waals surface area contributed by atoms with Gasteiger partial charge in [-0.25, -0.2) is 0 Å². The fourth-order valence-corrected chi connectivity index (χ4v) is 1.80. The lowest BCUT2D eigenvalue weighted by molar-refractivity contribution is 0.248. The van der Waals surface area contributed by atoms with Gasteiger partial charge in [-0.1, -0.05) is 20.8 Å². The van der Waals surface area contributed by atoms with Crippen molar-refractivity contribution in [3.63, 3.8) is 0 Å². The van der Waals surface area contributed by atoms with E-state index in [0.717, 1.165) is 0 Å². The molecule has 0 fully saturated rings. The molecular weight excluding hydrogens is 140 g/mol. The molecule has 0 aliphatic carbocycles. The average molecular weight is 160 g/mol. The minimum atomic E-state index is -0.240. The van der Waals surface area contributed by atoms with Crippen LogP contribution in [0.1, 0.15) is 34.6 Å². The van der Waals surface area contributed by atoms with Crippen molar-refractivity contribution >= 4 is 9.76 Å². The van der Waals surface area contributed by atoms with Crippen LogP contribution in [-0.2, 0) is 4.43 Å². The normalized spacial score (nSPS) is 13.8. The Morgan fingerprint density at radius 2 is 1.80 bits per heavy atom. The van der Waals surface area contributed by atoms with Crippen LogP contribution < -0.4 is 0 Å². The van der Waals surface area contributed by atoms with E-state index >= 15 is 0 Å². The highest BCUT2D eigenvalue weighted by Gasteiger charge is 2.10. The fraction of sp³-hybridized carbons (Fsp3) is 1.00. The average Bonchev–Trinajstić information content (AvgIpc) is 1.59. The third-order valence-electron chi connectivity index (χ3n) is 1.30. The standard InChI is InChI=1S/C8H20OSi/c1-7(2)9-10-6-8(3,4)5/h7H,6,10H2,1-5H3. The first kappa shape index (κ1) is 10.2. The Balaban J connectivity index is 3.21. The van der Waals surface area contributed by atoms with Crippen LogP contribution in [0.3, 0.4) is 0 Å². The van der Waals surface area contributed by atoms with E-state index < -0.39 is 0 Å². The molecule has 62 valence electrons. The predicted octanol–water partition coefficient (Wildman–Crippen LogP) is 1.96. The number of rotatable bonds is 3. The van der Waals surface area contributed by atoms with Crippen LogP contribution in [0.2, 0.25) is 6.04 Å². The van der Waals surface area contributed by atoms with E-state index in [-0.39, 0.29) is 9.76 Å². The van der Waals surface area contributed by atoms with Crippen LogP contribution in [0, 0.1) is 5.41 Å². The second-order valence-electron chi connectivity index (χ2n) is 4.23. The molecule has 0 aromatic carbocycles. The molecule has 0 radical (unpaired) electrons. The molecule has 0 aliphatic heterocycles. The maximum atomic E-state index is 5.56. The Morgan fingerprint density at radius 3 is 2.10 bits per heavy atom. The molecule has 0 aliphatic rings. The lowest BCUT2D eigenvalue weighted by Gasteiger charge is -2.18. The monoisotopic (exact) mass is 160 g/mol. The van der Waals surface area contributed by atoms with Crippen LogP contribution in [0.25, 0.3) is 0 Å². The van der Waals surface area contributed by atoms with E-state index in [2.05, 4.69) is 34.6 Å². The Bertz CT molecular complexity index is 83.7. The molecule has 0 N–H and O–H groups in total. The maximum absolute atomic E-state index is 5.56. The van der Waals surface area contributed by atoms with Crippen molar-refractivity contribution in [2.24, 2.45) is 5.41 Å². The summed E-state index contributed by atoms with van der Waals surface area (Å²) in [5.41, 5.74) is 0.473. The molecule has 0 amide bonds. The zero-order valence-corrected chi connectivity index (χ0v) is 9.31. The summed E-state index contributed by atoms with van der Waals surface area (Å²) in [7, 11) is -0.240. The van der Waals surface area contributed by atoms with E-state index in [9.17, 15) is 0 Å². The summed E-state index contributed by atoms with van der Waals surface area (Å²) >= 11 is 0. The zero-order chi connectivity index (χ0) is 8.20. The first-order chi connectivity index (χ1) is 4.42. The number of hydrogen-bond acceptors (Lipinski definition) is 1. The number of hydrogen-bond donors (Lipinski definition) is 0. The van der Waals surface area contributed by atoms with Crippen LogP contribution >= 0.6 is 0 Å². The molecule has 2 heteroatoms. The minimum absolute atomic E-state index is 0.240. The van der Waals surface area contributed by atoms with Gasteiger partial charge in [0.2, 0.25) is 0 Å². The second kappa shape index (κ2) is 4.14. The Hall–Kier alpha value is 0.177. The van der Waals surface area contributed by atoms with Crippen LogP contribution in [0.4, 0.5) is 0 Å². The minimum Gasteiger partial charge on any atom is -0.422 e. The fourth-order valence-electron chi connectivity index (χ4n) is 0.601. The van der Waals surface area contributed by atoms with E-state index in [1.807, 2.05) is 0 Å². The molecule has 0 saturated heterocycles. The predicted molar refractivity (Wildman–Crippen MR) is 49.0 cm³/mol. The van der Waals surface area contributed by atoms with Crippen molar-refractivity contribution in [2.75, 3.05) is 0 Å². The topological polar surface area (TPSA) is 9.23 Å². The van der Waals surface area contributed by atoms with Crippen molar-refractivity contribution in [1.82, 2.24) is 0 Å². The third kappa shape index (κ3) is 8.18. The van der Waals surface area contributed by atoms with Crippen molar-refractivity contribution < 1.29 is 4.43 Å². The summed E-state index contributed by atoms with van der Waals surface area (Å²) < 4.78 is 5.56. The maximum Gasteiger partial charge on any atom is 0.162 e. The van der Waals surface area contributed by atoms with Crippen molar-refractivity contribution in [3.8, 4) is 0 Å². The Morgan fingerprint density at radius 1 is 1.30 bits per heavy atom. The van der Waals surface area contributed by atoms with E-state index in [0.29, 0.717) is 11.5 Å². The van der Waals surface area contributed by atoms with Crippen LogP contribution in [-0.4, -0.2) is 15.9 Å². The van der Waals surface area contributed by atoms with Crippen LogP contribution in [0.5, 0.6) is 0 Å². The molecule has 0 heterocycles. The van der Waals surface area contributed by atoms with Gasteiger partial charge in [0.05, 0.1) is 0 Å². The summed E-state index contributed by atoms with van der Waals surface area (Å²) in [6.45, 7) is 11.0. The van der Waals surface area contributed by atoms with Gasteiger partial charge in [0.1, 0.15) is 0 Å². The van der Waals surface area contributed by atoms with Gasteiger partial charge in [-0.15, -0.1) is 0 Å². The highest BCUT2D eigenvalue weighted by molar-refractivity contribution is 6.27. The van der Waals surface area contributed by atoms with Gasteiger partial charge in [0, 0.05) is 6.10 Å². The highest BCUT2D eigenvalue weighted by atomic mass is 28.2. The molecular formula is C8H20OSi. The van der Waals surface area contributed by atoms with Gasteiger partial charge in [-0.05, 0) is 25.3 Å². The summed E-state index contributed by atoms with van der Waals surface area (Å²) in [5, 5.41) is 0. The molecule has 0 saturated carbocycles. The molecule has 0 aromatic heterocycles. The van der Waals surface area contributed by atoms with Gasteiger partial charge in [-0.2, -0.15) is 0 Å². The molecule has 0 rings (SSSR count). The molecule has 0 bridgehead atoms. The first-order valence-electron chi connectivity index (χ1n) is 4.03. The smallest absolute Gasteiger partial charge is 0.162 e. The van der Waals surface area contributed by atoms with E-state index in [1.165, 1.54) is 6.04 Å². The third-order valence-corrected chi connectivity index (χ3v) is 3.91. The summed E-state index contributed by atoms with van der Waals surface area (Å²) in [6.07, 6.45) is 0.439. The molecule has 0 unspecified atom stereocenters. The highest BCUT2D eigenvalue weighted by Crippen LogP contribution is 2.18. The Labute approximate surface area is 67.1 Å². The quantitative estimate of drug-likeness (QED) is 0.574. The van der Waals surface area contributed by atoms with Gasteiger partial charge < -0.3 is 4.43 Å². The van der Waals surface area contributed by atoms with Crippen LogP contribution in [0.15, 0.2) is 0 Å². The summed E-state index contributed by atoms with van der Waals surface area (Å²) in [6, 6.07) is 1.28.